The van der Waals surface area contributed by atoms with Gasteiger partial charge in [-0.3, -0.25) is 4.99 Å². The summed E-state index contributed by atoms with van der Waals surface area (Å²) in [6, 6.07) is 6.09. The summed E-state index contributed by atoms with van der Waals surface area (Å²) < 4.78 is 5.23. The van der Waals surface area contributed by atoms with Gasteiger partial charge >= 0.3 is 0 Å². The molecule has 0 saturated carbocycles. The highest BCUT2D eigenvalue weighted by molar-refractivity contribution is 14.0. The van der Waals surface area contributed by atoms with Crippen molar-refractivity contribution in [2.75, 3.05) is 44.7 Å². The van der Waals surface area contributed by atoms with Gasteiger partial charge in [-0.05, 0) is 44.9 Å². The average molecular weight is 518 g/mol. The van der Waals surface area contributed by atoms with Crippen LogP contribution in [0.25, 0.3) is 0 Å². The summed E-state index contributed by atoms with van der Waals surface area (Å²) in [4.78, 5) is 9.16. The second-order valence-corrected chi connectivity index (χ2v) is 7.37. The molecular formula is C20H29ClIN5O. The van der Waals surface area contributed by atoms with Crippen LogP contribution in [0.1, 0.15) is 22.6 Å². The third-order valence-corrected chi connectivity index (χ3v) is 5.38. The smallest absolute Gasteiger partial charge is 0.193 e. The van der Waals surface area contributed by atoms with Crippen molar-refractivity contribution in [1.29, 1.82) is 0 Å². The molecule has 0 aliphatic carbocycles. The monoisotopic (exact) mass is 517 g/mol. The molecule has 0 atom stereocenters. The molecule has 0 unspecified atom stereocenters. The van der Waals surface area contributed by atoms with Crippen LogP contribution in [0.5, 0.6) is 0 Å². The van der Waals surface area contributed by atoms with E-state index in [4.69, 9.17) is 16.1 Å². The predicted octanol–water partition coefficient (Wildman–Crippen LogP) is 3.81. The van der Waals surface area contributed by atoms with E-state index in [1.54, 1.807) is 0 Å². The number of nitrogens with zero attached hydrogens (tertiary/aromatic N) is 4. The van der Waals surface area contributed by atoms with E-state index in [1.807, 2.05) is 27.0 Å². The Morgan fingerprint density at radius 3 is 2.54 bits per heavy atom. The van der Waals surface area contributed by atoms with E-state index >= 15 is 0 Å². The maximum absolute atomic E-state index is 6.18. The van der Waals surface area contributed by atoms with E-state index in [0.29, 0.717) is 0 Å². The molecule has 0 bridgehead atoms. The van der Waals surface area contributed by atoms with Gasteiger partial charge in [-0.1, -0.05) is 22.8 Å². The van der Waals surface area contributed by atoms with E-state index in [2.05, 4.69) is 44.3 Å². The van der Waals surface area contributed by atoms with Gasteiger partial charge in [0.2, 0.25) is 0 Å². The normalized spacial score (nSPS) is 14.8. The number of rotatable bonds is 4. The van der Waals surface area contributed by atoms with Crippen LogP contribution in [0.2, 0.25) is 5.02 Å². The molecule has 0 radical (unpaired) electrons. The minimum atomic E-state index is 0. The Balaban J connectivity index is 0.00000280. The highest BCUT2D eigenvalue weighted by Crippen LogP contribution is 2.25. The zero-order valence-electron chi connectivity index (χ0n) is 17.0. The molecule has 0 amide bonds. The maximum Gasteiger partial charge on any atom is 0.193 e. The first-order chi connectivity index (χ1) is 13.0. The van der Waals surface area contributed by atoms with Crippen LogP contribution in [-0.4, -0.2) is 55.8 Å². The van der Waals surface area contributed by atoms with Crippen molar-refractivity contribution in [2.45, 2.75) is 27.2 Å². The van der Waals surface area contributed by atoms with Crippen LogP contribution in [0, 0.1) is 20.8 Å². The molecule has 1 aromatic carbocycles. The van der Waals surface area contributed by atoms with Gasteiger partial charge in [-0.25, -0.2) is 0 Å². The topological polar surface area (TPSA) is 56.9 Å². The van der Waals surface area contributed by atoms with Crippen LogP contribution in [0.4, 0.5) is 5.69 Å². The van der Waals surface area contributed by atoms with E-state index in [1.165, 1.54) is 16.8 Å². The number of benzene rings is 1. The third kappa shape index (κ3) is 5.31. The third-order valence-electron chi connectivity index (χ3n) is 5.14. The number of aromatic nitrogens is 1. The number of nitrogens with one attached hydrogen (secondary N) is 1. The number of aliphatic imine (C=N–C) groups is 1. The molecule has 154 valence electrons. The first-order valence-corrected chi connectivity index (χ1v) is 9.76. The van der Waals surface area contributed by atoms with Crippen molar-refractivity contribution >= 4 is 47.2 Å². The number of anilines is 1. The summed E-state index contributed by atoms with van der Waals surface area (Å²) in [6.45, 7) is 10.6. The Morgan fingerprint density at radius 2 is 1.93 bits per heavy atom. The molecule has 1 aliphatic heterocycles. The van der Waals surface area contributed by atoms with E-state index < -0.39 is 0 Å². The van der Waals surface area contributed by atoms with Crippen molar-refractivity contribution in [3.8, 4) is 0 Å². The van der Waals surface area contributed by atoms with Gasteiger partial charge in [0.1, 0.15) is 5.76 Å². The van der Waals surface area contributed by atoms with Crippen LogP contribution < -0.4 is 10.2 Å². The number of hydrogen-bond acceptors (Lipinski definition) is 4. The fraction of sp³-hybridized carbons (Fsp3) is 0.500. The fourth-order valence-corrected chi connectivity index (χ4v) is 3.74. The van der Waals surface area contributed by atoms with Gasteiger partial charge in [0.05, 0.1) is 5.69 Å². The molecule has 8 heteroatoms. The van der Waals surface area contributed by atoms with E-state index in [9.17, 15) is 0 Å². The molecule has 6 nitrogen and oxygen atoms in total. The molecule has 1 aliphatic rings. The Labute approximate surface area is 189 Å². The number of hydrogen-bond donors (Lipinski definition) is 1. The first-order valence-electron chi connectivity index (χ1n) is 9.38. The number of halogens is 2. The lowest BCUT2D eigenvalue weighted by Gasteiger charge is -2.38. The first kappa shape index (κ1) is 22.8. The number of guanidine groups is 1. The van der Waals surface area contributed by atoms with Gasteiger partial charge in [0, 0.05) is 56.0 Å². The lowest BCUT2D eigenvalue weighted by Crippen LogP contribution is -2.53. The minimum Gasteiger partial charge on any atom is -0.368 e. The maximum atomic E-state index is 6.18. The van der Waals surface area contributed by atoms with Gasteiger partial charge in [-0.15, -0.1) is 24.0 Å². The highest BCUT2D eigenvalue weighted by atomic mass is 127. The zero-order valence-corrected chi connectivity index (χ0v) is 20.0. The Bertz CT molecular complexity index is 795. The van der Waals surface area contributed by atoms with Crippen LogP contribution in [-0.2, 0) is 6.42 Å². The molecule has 1 N–H and O–H groups in total. The molecule has 28 heavy (non-hydrogen) atoms. The van der Waals surface area contributed by atoms with Crippen molar-refractivity contribution in [2.24, 2.45) is 4.99 Å². The lowest BCUT2D eigenvalue weighted by atomic mass is 10.1. The van der Waals surface area contributed by atoms with Crippen LogP contribution in [0.15, 0.2) is 27.7 Å². The van der Waals surface area contributed by atoms with E-state index in [-0.39, 0.29) is 24.0 Å². The molecule has 1 aromatic heterocycles. The lowest BCUT2D eigenvalue weighted by molar-refractivity contribution is 0.372. The molecule has 0 spiro atoms. The molecule has 1 saturated heterocycles. The molecule has 1 fully saturated rings. The molecule has 2 aromatic rings. The molecule has 3 rings (SSSR count). The van der Waals surface area contributed by atoms with Gasteiger partial charge in [0.25, 0.3) is 0 Å². The summed E-state index contributed by atoms with van der Waals surface area (Å²) in [5.74, 6) is 1.85. The zero-order chi connectivity index (χ0) is 19.4. The second-order valence-electron chi connectivity index (χ2n) is 6.93. The van der Waals surface area contributed by atoms with Gasteiger partial charge < -0.3 is 19.6 Å². The number of aryl methyl sites for hydroxylation is 3. The van der Waals surface area contributed by atoms with E-state index in [0.717, 1.165) is 61.6 Å². The average Bonchev–Trinajstić information content (AvgIpc) is 2.99. The van der Waals surface area contributed by atoms with Crippen molar-refractivity contribution in [3.63, 3.8) is 0 Å². The van der Waals surface area contributed by atoms with Gasteiger partial charge in [-0.2, -0.15) is 0 Å². The Kier molecular flexibility index (Phi) is 8.42. The summed E-state index contributed by atoms with van der Waals surface area (Å²) >= 11 is 6.18. The fourth-order valence-electron chi connectivity index (χ4n) is 3.57. The van der Waals surface area contributed by atoms with Crippen LogP contribution in [0.3, 0.4) is 0 Å². The minimum absolute atomic E-state index is 0. The summed E-state index contributed by atoms with van der Waals surface area (Å²) in [6.07, 6.45) is 0.877. The Morgan fingerprint density at radius 1 is 1.21 bits per heavy atom. The van der Waals surface area contributed by atoms with Crippen molar-refractivity contribution < 1.29 is 4.52 Å². The SMILES string of the molecule is CN=C(NCCc1c(C)noc1C)N1CCN(c2cc(Cl)ccc2C)CC1.I. The Hall–Kier alpha value is -1.48. The molecule has 2 heterocycles. The largest absolute Gasteiger partial charge is 0.368 e. The summed E-state index contributed by atoms with van der Waals surface area (Å²) in [5.41, 5.74) is 4.63. The number of piperazine rings is 1. The predicted molar refractivity (Wildman–Crippen MR) is 126 cm³/mol. The van der Waals surface area contributed by atoms with Crippen molar-refractivity contribution in [1.82, 2.24) is 15.4 Å². The highest BCUT2D eigenvalue weighted by Gasteiger charge is 2.21. The van der Waals surface area contributed by atoms with Crippen LogP contribution >= 0.6 is 35.6 Å². The summed E-state index contributed by atoms with van der Waals surface area (Å²) in [5, 5.41) is 8.28. The van der Waals surface area contributed by atoms with Gasteiger partial charge in [0.15, 0.2) is 5.96 Å². The second kappa shape index (κ2) is 10.3. The summed E-state index contributed by atoms with van der Waals surface area (Å²) in [7, 11) is 1.84. The standard InChI is InChI=1S/C20H28ClN5O.HI/c1-14-5-6-17(21)13-19(14)25-9-11-26(12-10-25)20(22-4)23-8-7-18-15(2)24-27-16(18)3;/h5-6,13H,7-12H2,1-4H3,(H,22,23);1H. The van der Waals surface area contributed by atoms with Crippen molar-refractivity contribution in [3.05, 3.63) is 45.8 Å². The molecular weight excluding hydrogens is 489 g/mol. The quantitative estimate of drug-likeness (QED) is 0.380.